The van der Waals surface area contributed by atoms with Crippen molar-refractivity contribution in [2.75, 3.05) is 18.4 Å². The number of hydrogen-bond acceptors (Lipinski definition) is 6. The van der Waals surface area contributed by atoms with Gasteiger partial charge < -0.3 is 23.5 Å². The topological polar surface area (TPSA) is 61.1 Å². The van der Waals surface area contributed by atoms with Gasteiger partial charge in [0.1, 0.15) is 11.3 Å². The number of benzene rings is 3. The van der Waals surface area contributed by atoms with Gasteiger partial charge in [-0.2, -0.15) is 0 Å². The van der Waals surface area contributed by atoms with E-state index < -0.39 is 0 Å². The first-order valence-corrected chi connectivity index (χ1v) is 10.1. The predicted molar refractivity (Wildman–Crippen MR) is 117 cm³/mol. The average Bonchev–Trinajstić information content (AvgIpc) is 3.27. The minimum absolute atomic E-state index is 0.247. The van der Waals surface area contributed by atoms with Crippen LogP contribution >= 0.6 is 0 Å². The molecule has 0 radical (unpaired) electrons. The third-order valence-corrected chi connectivity index (χ3v) is 5.82. The smallest absolute Gasteiger partial charge is 0.336 e. The van der Waals surface area contributed by atoms with Crippen molar-refractivity contribution in [3.8, 4) is 28.4 Å². The second-order valence-electron chi connectivity index (χ2n) is 7.72. The van der Waals surface area contributed by atoms with Crippen LogP contribution in [0.15, 0.2) is 69.9 Å². The molecule has 0 spiro atoms. The van der Waals surface area contributed by atoms with Crippen LogP contribution in [0.1, 0.15) is 11.1 Å². The Labute approximate surface area is 178 Å². The summed E-state index contributed by atoms with van der Waals surface area (Å²) in [6, 6.07) is 19.4. The molecule has 2 aliphatic heterocycles. The van der Waals surface area contributed by atoms with E-state index in [1.807, 2.05) is 55.5 Å². The van der Waals surface area contributed by atoms with E-state index in [0.29, 0.717) is 18.9 Å². The van der Waals surface area contributed by atoms with Gasteiger partial charge in [-0.3, -0.25) is 0 Å². The molecule has 6 heteroatoms. The molecular weight excluding hydrogens is 394 g/mol. The van der Waals surface area contributed by atoms with Crippen molar-refractivity contribution in [3.05, 3.63) is 82.2 Å². The van der Waals surface area contributed by atoms with Crippen molar-refractivity contribution >= 4 is 16.7 Å². The number of aryl methyl sites for hydroxylation is 1. The lowest BCUT2D eigenvalue weighted by Gasteiger charge is -2.32. The van der Waals surface area contributed by atoms with Crippen LogP contribution in [0.5, 0.6) is 17.2 Å². The Hall–Kier alpha value is -3.93. The largest absolute Gasteiger partial charge is 0.472 e. The molecule has 6 rings (SSSR count). The first-order valence-electron chi connectivity index (χ1n) is 10.1. The van der Waals surface area contributed by atoms with Crippen LogP contribution in [0.2, 0.25) is 0 Å². The van der Waals surface area contributed by atoms with Crippen LogP contribution in [0.25, 0.3) is 22.1 Å². The van der Waals surface area contributed by atoms with Crippen molar-refractivity contribution in [2.24, 2.45) is 0 Å². The Morgan fingerprint density at radius 3 is 2.61 bits per heavy atom. The van der Waals surface area contributed by atoms with Gasteiger partial charge >= 0.3 is 5.63 Å². The molecule has 0 fully saturated rings. The first-order chi connectivity index (χ1) is 15.2. The zero-order valence-corrected chi connectivity index (χ0v) is 16.9. The van der Waals surface area contributed by atoms with Crippen LogP contribution < -0.4 is 24.7 Å². The van der Waals surface area contributed by atoms with E-state index in [0.717, 1.165) is 50.6 Å². The summed E-state index contributed by atoms with van der Waals surface area (Å²) >= 11 is 0. The summed E-state index contributed by atoms with van der Waals surface area (Å²) in [6.45, 7) is 3.24. The number of nitrogens with zero attached hydrogens (tertiary/aromatic N) is 1. The molecule has 3 heterocycles. The van der Waals surface area contributed by atoms with Gasteiger partial charge in [0.25, 0.3) is 0 Å². The van der Waals surface area contributed by atoms with Crippen LogP contribution in [-0.2, 0) is 6.54 Å². The van der Waals surface area contributed by atoms with Crippen molar-refractivity contribution in [3.63, 3.8) is 0 Å². The van der Waals surface area contributed by atoms with Gasteiger partial charge in [0.2, 0.25) is 6.79 Å². The molecule has 0 atom stereocenters. The van der Waals surface area contributed by atoms with Crippen LogP contribution in [0, 0.1) is 6.92 Å². The zero-order valence-electron chi connectivity index (χ0n) is 16.9. The summed E-state index contributed by atoms with van der Waals surface area (Å²) in [6.07, 6.45) is 0. The van der Waals surface area contributed by atoms with Crippen molar-refractivity contribution < 1.29 is 18.6 Å². The van der Waals surface area contributed by atoms with E-state index in [1.165, 1.54) is 0 Å². The number of rotatable bonds is 2. The first kappa shape index (κ1) is 17.9. The standard InChI is InChI=1S/C25H19NO5/c1-15-24-17(12-26(13-28-24)18-7-8-21-22(10-18)30-14-29-21)9-20-19(11-23(27)31-25(15)20)16-5-3-2-4-6-16/h2-11H,12-14H2,1H3. The summed E-state index contributed by atoms with van der Waals surface area (Å²) in [5.74, 6) is 2.27. The molecule has 1 aromatic heterocycles. The lowest BCUT2D eigenvalue weighted by atomic mass is 9.97. The molecule has 31 heavy (non-hydrogen) atoms. The molecule has 0 saturated carbocycles. The van der Waals surface area contributed by atoms with Crippen LogP contribution in [0.3, 0.4) is 0 Å². The van der Waals surface area contributed by atoms with Crippen molar-refractivity contribution in [1.29, 1.82) is 0 Å². The van der Waals surface area contributed by atoms with Gasteiger partial charge in [-0.1, -0.05) is 30.3 Å². The summed E-state index contributed by atoms with van der Waals surface area (Å²) in [7, 11) is 0. The third kappa shape index (κ3) is 2.91. The van der Waals surface area contributed by atoms with E-state index in [4.69, 9.17) is 18.6 Å². The summed E-state index contributed by atoms with van der Waals surface area (Å²) in [4.78, 5) is 14.4. The Balaban J connectivity index is 1.47. The number of hydrogen-bond donors (Lipinski definition) is 0. The second kappa shape index (κ2) is 6.80. The second-order valence-corrected chi connectivity index (χ2v) is 7.72. The fraction of sp³-hybridized carbons (Fsp3) is 0.160. The Bertz CT molecular complexity index is 1380. The monoisotopic (exact) mass is 413 g/mol. The maximum absolute atomic E-state index is 12.3. The van der Waals surface area contributed by atoms with E-state index in [2.05, 4.69) is 11.0 Å². The highest BCUT2D eigenvalue weighted by Crippen LogP contribution is 2.41. The molecule has 6 nitrogen and oxygen atoms in total. The normalized spacial score (nSPS) is 14.4. The van der Waals surface area contributed by atoms with Gasteiger partial charge in [0.15, 0.2) is 18.2 Å². The minimum atomic E-state index is -0.368. The van der Waals surface area contributed by atoms with E-state index in [-0.39, 0.29) is 12.4 Å². The van der Waals surface area contributed by atoms with E-state index >= 15 is 0 Å². The Kier molecular flexibility index (Phi) is 3.93. The zero-order chi connectivity index (χ0) is 20.9. The van der Waals surface area contributed by atoms with Crippen molar-refractivity contribution in [1.82, 2.24) is 0 Å². The Morgan fingerprint density at radius 1 is 0.903 bits per heavy atom. The quantitative estimate of drug-likeness (QED) is 0.438. The molecule has 0 N–H and O–H groups in total. The van der Waals surface area contributed by atoms with E-state index in [1.54, 1.807) is 6.07 Å². The maximum Gasteiger partial charge on any atom is 0.336 e. The SMILES string of the molecule is Cc1c2c(cc3c(-c4ccccc4)cc(=O)oc13)CN(c1ccc3c(c1)OCO3)CO2. The number of ether oxygens (including phenoxy) is 3. The van der Waals surface area contributed by atoms with E-state index in [9.17, 15) is 4.79 Å². The molecule has 0 saturated heterocycles. The summed E-state index contributed by atoms with van der Waals surface area (Å²) in [5, 5.41) is 0.901. The molecule has 0 amide bonds. The fourth-order valence-corrected chi connectivity index (χ4v) is 4.32. The van der Waals surface area contributed by atoms with Gasteiger partial charge in [-0.15, -0.1) is 0 Å². The van der Waals surface area contributed by atoms with Gasteiger partial charge in [0.05, 0.1) is 0 Å². The van der Waals surface area contributed by atoms with Crippen molar-refractivity contribution in [2.45, 2.75) is 13.5 Å². The third-order valence-electron chi connectivity index (χ3n) is 5.82. The highest BCUT2D eigenvalue weighted by molar-refractivity contribution is 5.96. The van der Waals surface area contributed by atoms with Crippen LogP contribution in [-0.4, -0.2) is 13.5 Å². The predicted octanol–water partition coefficient (Wildman–Crippen LogP) is 4.85. The van der Waals surface area contributed by atoms with Gasteiger partial charge in [-0.25, -0.2) is 4.79 Å². The lowest BCUT2D eigenvalue weighted by Crippen LogP contribution is -2.32. The average molecular weight is 413 g/mol. The molecule has 0 bridgehead atoms. The highest BCUT2D eigenvalue weighted by Gasteiger charge is 2.25. The summed E-state index contributed by atoms with van der Waals surface area (Å²) < 4.78 is 22.7. The number of fused-ring (bicyclic) bond motifs is 3. The molecule has 0 aliphatic carbocycles. The molecule has 3 aromatic carbocycles. The molecular formula is C25H19NO5. The number of anilines is 1. The van der Waals surface area contributed by atoms with Gasteiger partial charge in [0, 0.05) is 40.9 Å². The molecule has 2 aliphatic rings. The molecule has 4 aromatic rings. The lowest BCUT2D eigenvalue weighted by molar-refractivity contribution is 0.174. The fourth-order valence-electron chi connectivity index (χ4n) is 4.32. The van der Waals surface area contributed by atoms with Gasteiger partial charge in [-0.05, 0) is 36.2 Å². The highest BCUT2D eigenvalue weighted by atomic mass is 16.7. The minimum Gasteiger partial charge on any atom is -0.472 e. The molecule has 0 unspecified atom stereocenters. The Morgan fingerprint density at radius 2 is 1.74 bits per heavy atom. The summed E-state index contributed by atoms with van der Waals surface area (Å²) in [5.41, 5.74) is 4.92. The molecule has 154 valence electrons. The maximum atomic E-state index is 12.3. The van der Waals surface area contributed by atoms with Crippen LogP contribution in [0.4, 0.5) is 5.69 Å².